The average molecular weight is 270 g/mol. The molecule has 1 aromatic heterocycles. The first-order valence-corrected chi connectivity index (χ1v) is 6.74. The Labute approximate surface area is 115 Å². The lowest BCUT2D eigenvalue weighted by atomic mass is 9.86. The smallest absolute Gasteiger partial charge is 0.161 e. The molecule has 1 rings (SSSR count). The Hall–Kier alpha value is -1.11. The van der Waals surface area contributed by atoms with E-state index in [1.807, 2.05) is 11.6 Å². The van der Waals surface area contributed by atoms with Gasteiger partial charge in [0, 0.05) is 13.7 Å². The van der Waals surface area contributed by atoms with Gasteiger partial charge in [-0.25, -0.2) is 5.43 Å². The lowest BCUT2D eigenvalue weighted by molar-refractivity contribution is -0.0512. The normalized spacial score (nSPS) is 13.6. The van der Waals surface area contributed by atoms with E-state index in [0.717, 1.165) is 30.8 Å². The highest BCUT2D eigenvalue weighted by molar-refractivity contribution is 5.30. The number of rotatable bonds is 8. The van der Waals surface area contributed by atoms with Gasteiger partial charge >= 0.3 is 0 Å². The molecule has 0 spiro atoms. The average Bonchev–Trinajstić information content (AvgIpc) is 2.87. The van der Waals surface area contributed by atoms with Gasteiger partial charge < -0.3 is 9.47 Å². The lowest BCUT2D eigenvalue weighted by Crippen LogP contribution is -2.48. The van der Waals surface area contributed by atoms with Gasteiger partial charge in [0.25, 0.3) is 0 Å². The van der Waals surface area contributed by atoms with Crippen LogP contribution in [0.5, 0.6) is 5.75 Å². The van der Waals surface area contributed by atoms with E-state index in [-0.39, 0.29) is 11.6 Å². The zero-order chi connectivity index (χ0) is 14.5. The van der Waals surface area contributed by atoms with E-state index in [4.69, 9.17) is 15.3 Å². The molecule has 0 aliphatic carbocycles. The summed E-state index contributed by atoms with van der Waals surface area (Å²) in [4.78, 5) is 0. The maximum Gasteiger partial charge on any atom is 0.161 e. The molecule has 19 heavy (non-hydrogen) atoms. The highest BCUT2D eigenvalue weighted by Crippen LogP contribution is 2.38. The van der Waals surface area contributed by atoms with Gasteiger partial charge in [-0.15, -0.1) is 0 Å². The van der Waals surface area contributed by atoms with E-state index in [9.17, 15) is 0 Å². The first kappa shape index (κ1) is 15.9. The SMILES string of the molecule is CCn1ncc(OC)c1C(NN)C(CC)(CC)OC. The summed E-state index contributed by atoms with van der Waals surface area (Å²) in [7, 11) is 3.36. The van der Waals surface area contributed by atoms with E-state index in [1.54, 1.807) is 20.4 Å². The fourth-order valence-electron chi connectivity index (χ4n) is 2.62. The van der Waals surface area contributed by atoms with Crippen molar-refractivity contribution < 1.29 is 9.47 Å². The molecule has 0 aromatic carbocycles. The van der Waals surface area contributed by atoms with Crippen molar-refractivity contribution >= 4 is 0 Å². The second-order valence-electron chi connectivity index (χ2n) is 4.49. The van der Waals surface area contributed by atoms with Crippen molar-refractivity contribution in [3.63, 3.8) is 0 Å². The second-order valence-corrected chi connectivity index (χ2v) is 4.49. The van der Waals surface area contributed by atoms with Crippen molar-refractivity contribution in [3.8, 4) is 5.75 Å². The zero-order valence-corrected chi connectivity index (χ0v) is 12.6. The van der Waals surface area contributed by atoms with Gasteiger partial charge in [0.1, 0.15) is 5.69 Å². The van der Waals surface area contributed by atoms with Gasteiger partial charge in [0.15, 0.2) is 5.75 Å². The van der Waals surface area contributed by atoms with Crippen LogP contribution in [0.15, 0.2) is 6.20 Å². The van der Waals surface area contributed by atoms with Crippen LogP contribution < -0.4 is 16.0 Å². The molecule has 0 amide bonds. The van der Waals surface area contributed by atoms with Crippen molar-refractivity contribution in [3.05, 3.63) is 11.9 Å². The summed E-state index contributed by atoms with van der Waals surface area (Å²) < 4.78 is 13.1. The minimum Gasteiger partial charge on any atom is -0.493 e. The van der Waals surface area contributed by atoms with Crippen molar-refractivity contribution in [1.29, 1.82) is 0 Å². The van der Waals surface area contributed by atoms with Gasteiger partial charge in [-0.05, 0) is 19.8 Å². The van der Waals surface area contributed by atoms with Gasteiger partial charge in [-0.3, -0.25) is 10.5 Å². The third kappa shape index (κ3) is 2.75. The summed E-state index contributed by atoms with van der Waals surface area (Å²) in [5.41, 5.74) is 3.43. The van der Waals surface area contributed by atoms with Crippen LogP contribution in [0.25, 0.3) is 0 Å². The van der Waals surface area contributed by atoms with Crippen LogP contribution in [-0.2, 0) is 11.3 Å². The van der Waals surface area contributed by atoms with Gasteiger partial charge in [0.2, 0.25) is 0 Å². The number of hydrazine groups is 1. The second kappa shape index (κ2) is 6.88. The highest BCUT2D eigenvalue weighted by Gasteiger charge is 2.40. The molecule has 0 radical (unpaired) electrons. The van der Waals surface area contributed by atoms with Crippen LogP contribution in [0, 0.1) is 0 Å². The Morgan fingerprint density at radius 2 is 2.00 bits per heavy atom. The van der Waals surface area contributed by atoms with Crippen molar-refractivity contribution in [2.75, 3.05) is 14.2 Å². The molecular formula is C13H26N4O2. The van der Waals surface area contributed by atoms with Crippen LogP contribution in [0.1, 0.15) is 45.3 Å². The highest BCUT2D eigenvalue weighted by atomic mass is 16.5. The van der Waals surface area contributed by atoms with Crippen LogP contribution in [0.3, 0.4) is 0 Å². The standard InChI is InChI=1S/C13H26N4O2/c1-6-13(7-2,19-5)12(16-14)11-10(18-4)9-15-17(11)8-3/h9,12,16H,6-8,14H2,1-5H3. The van der Waals surface area contributed by atoms with E-state index < -0.39 is 0 Å². The molecule has 1 atom stereocenters. The summed E-state index contributed by atoms with van der Waals surface area (Å²) in [6.07, 6.45) is 3.40. The Kier molecular flexibility index (Phi) is 5.78. The van der Waals surface area contributed by atoms with Gasteiger partial charge in [-0.1, -0.05) is 13.8 Å². The molecule has 0 fully saturated rings. The van der Waals surface area contributed by atoms with E-state index in [0.29, 0.717) is 0 Å². The number of nitrogens with one attached hydrogen (secondary N) is 1. The van der Waals surface area contributed by atoms with Gasteiger partial charge in [0.05, 0.1) is 24.9 Å². The monoisotopic (exact) mass is 270 g/mol. The zero-order valence-electron chi connectivity index (χ0n) is 12.6. The number of hydrogen-bond acceptors (Lipinski definition) is 5. The third-order valence-corrected chi connectivity index (χ3v) is 3.93. The number of aromatic nitrogens is 2. The number of hydrogen-bond donors (Lipinski definition) is 2. The topological polar surface area (TPSA) is 74.3 Å². The molecule has 1 aromatic rings. The fraction of sp³-hybridized carbons (Fsp3) is 0.769. The summed E-state index contributed by atoms with van der Waals surface area (Å²) in [6, 6.07) is -0.176. The number of methoxy groups -OCH3 is 2. The van der Waals surface area contributed by atoms with Crippen molar-refractivity contribution in [1.82, 2.24) is 15.2 Å². The molecule has 6 heteroatoms. The summed E-state index contributed by atoms with van der Waals surface area (Å²) in [5.74, 6) is 6.53. The Morgan fingerprint density at radius 3 is 2.37 bits per heavy atom. The van der Waals surface area contributed by atoms with Gasteiger partial charge in [-0.2, -0.15) is 5.10 Å². The first-order valence-electron chi connectivity index (χ1n) is 6.74. The van der Waals surface area contributed by atoms with E-state index in [2.05, 4.69) is 24.4 Å². The third-order valence-electron chi connectivity index (χ3n) is 3.93. The maximum absolute atomic E-state index is 5.80. The number of nitrogens with zero attached hydrogens (tertiary/aromatic N) is 2. The van der Waals surface area contributed by atoms with E-state index in [1.165, 1.54) is 0 Å². The number of ether oxygens (including phenoxy) is 2. The predicted octanol–water partition coefficient (Wildman–Crippen LogP) is 1.62. The quantitative estimate of drug-likeness (QED) is 0.554. The van der Waals surface area contributed by atoms with Crippen LogP contribution in [0.4, 0.5) is 0 Å². The predicted molar refractivity (Wildman–Crippen MR) is 74.8 cm³/mol. The van der Waals surface area contributed by atoms with E-state index >= 15 is 0 Å². The first-order chi connectivity index (χ1) is 9.13. The fourth-order valence-corrected chi connectivity index (χ4v) is 2.62. The lowest BCUT2D eigenvalue weighted by Gasteiger charge is -2.38. The summed E-state index contributed by atoms with van der Waals surface area (Å²) in [6.45, 7) is 6.98. The minimum atomic E-state index is -0.380. The largest absolute Gasteiger partial charge is 0.493 e. The molecule has 0 aliphatic rings. The molecule has 0 bridgehead atoms. The molecule has 1 heterocycles. The molecule has 3 N–H and O–H groups in total. The Morgan fingerprint density at radius 1 is 1.37 bits per heavy atom. The Bertz CT molecular complexity index is 358. The summed E-state index contributed by atoms with van der Waals surface area (Å²) >= 11 is 0. The Balaban J connectivity index is 3.32. The molecule has 6 nitrogen and oxygen atoms in total. The van der Waals surface area contributed by atoms with Crippen LogP contribution in [-0.4, -0.2) is 29.6 Å². The number of nitrogens with two attached hydrogens (primary N) is 1. The molecular weight excluding hydrogens is 244 g/mol. The molecule has 1 unspecified atom stereocenters. The molecule has 0 saturated heterocycles. The maximum atomic E-state index is 5.80. The van der Waals surface area contributed by atoms with Crippen LogP contribution >= 0.6 is 0 Å². The molecule has 0 aliphatic heterocycles. The summed E-state index contributed by atoms with van der Waals surface area (Å²) in [5, 5.41) is 4.33. The van der Waals surface area contributed by atoms with Crippen LogP contribution in [0.2, 0.25) is 0 Å². The molecule has 0 saturated carbocycles. The molecule has 110 valence electrons. The minimum absolute atomic E-state index is 0.176. The number of aryl methyl sites for hydroxylation is 1. The van der Waals surface area contributed by atoms with Crippen molar-refractivity contribution in [2.45, 2.75) is 51.8 Å². The van der Waals surface area contributed by atoms with Crippen molar-refractivity contribution in [2.24, 2.45) is 5.84 Å².